The summed E-state index contributed by atoms with van der Waals surface area (Å²) in [4.78, 5) is 0. The highest BCUT2D eigenvalue weighted by molar-refractivity contribution is 5.49. The van der Waals surface area contributed by atoms with Gasteiger partial charge in [-0.15, -0.1) is 0 Å². The Kier molecular flexibility index (Phi) is 4.58. The summed E-state index contributed by atoms with van der Waals surface area (Å²) in [5, 5.41) is 8.92. The predicted molar refractivity (Wildman–Crippen MR) is 62.9 cm³/mol. The molecule has 0 aliphatic heterocycles. The van der Waals surface area contributed by atoms with E-state index < -0.39 is 0 Å². The molecular weight excluding hydrogens is 206 g/mol. The van der Waals surface area contributed by atoms with Crippen LogP contribution in [0.3, 0.4) is 0 Å². The van der Waals surface area contributed by atoms with E-state index in [2.05, 4.69) is 0 Å². The summed E-state index contributed by atoms with van der Waals surface area (Å²) in [6.07, 6.45) is 0.482. The molecule has 1 unspecified atom stereocenters. The molecule has 0 radical (unpaired) electrons. The van der Waals surface area contributed by atoms with Crippen LogP contribution in [0.5, 0.6) is 11.5 Å². The number of aliphatic hydroxyl groups excluding tert-OH is 1. The molecule has 1 atom stereocenters. The summed E-state index contributed by atoms with van der Waals surface area (Å²) in [5.41, 5.74) is 7.85. The Morgan fingerprint density at radius 1 is 1.25 bits per heavy atom. The molecule has 0 aliphatic carbocycles. The second-order valence-corrected chi connectivity index (χ2v) is 3.70. The van der Waals surface area contributed by atoms with Gasteiger partial charge in [-0.3, -0.25) is 0 Å². The van der Waals surface area contributed by atoms with Crippen LogP contribution in [0, 0.1) is 6.92 Å². The molecule has 16 heavy (non-hydrogen) atoms. The molecule has 0 amide bonds. The standard InChI is InChI=1S/C12H19NO3/c1-8-6-10(15-2)12(9(13)4-5-14)11(7-8)16-3/h6-7,9,14H,4-5,13H2,1-3H3. The zero-order valence-electron chi connectivity index (χ0n) is 9.99. The van der Waals surface area contributed by atoms with Gasteiger partial charge in [-0.1, -0.05) is 0 Å². The molecule has 0 saturated carbocycles. The number of hydrogen-bond acceptors (Lipinski definition) is 4. The normalized spacial score (nSPS) is 12.3. The lowest BCUT2D eigenvalue weighted by Crippen LogP contribution is -2.14. The van der Waals surface area contributed by atoms with Crippen LogP contribution in [0.25, 0.3) is 0 Å². The Bertz CT molecular complexity index is 327. The summed E-state index contributed by atoms with van der Waals surface area (Å²) < 4.78 is 10.6. The van der Waals surface area contributed by atoms with Gasteiger partial charge in [-0.05, 0) is 31.0 Å². The van der Waals surface area contributed by atoms with Crippen molar-refractivity contribution in [2.45, 2.75) is 19.4 Å². The summed E-state index contributed by atoms with van der Waals surface area (Å²) in [6.45, 7) is 2.01. The van der Waals surface area contributed by atoms with E-state index in [-0.39, 0.29) is 12.6 Å². The van der Waals surface area contributed by atoms with Gasteiger partial charge in [0.1, 0.15) is 11.5 Å². The number of ether oxygens (including phenoxy) is 2. The highest BCUT2D eigenvalue weighted by Gasteiger charge is 2.17. The number of aliphatic hydroxyl groups is 1. The van der Waals surface area contributed by atoms with Gasteiger partial charge in [0.2, 0.25) is 0 Å². The first-order valence-electron chi connectivity index (χ1n) is 5.23. The molecular formula is C12H19NO3. The van der Waals surface area contributed by atoms with Gasteiger partial charge in [0, 0.05) is 12.6 Å². The Hall–Kier alpha value is -1.26. The topological polar surface area (TPSA) is 64.7 Å². The third-order valence-electron chi connectivity index (χ3n) is 2.50. The zero-order valence-corrected chi connectivity index (χ0v) is 9.99. The van der Waals surface area contributed by atoms with Crippen LogP contribution < -0.4 is 15.2 Å². The average molecular weight is 225 g/mol. The molecule has 1 aromatic carbocycles. The van der Waals surface area contributed by atoms with Crippen LogP contribution in [0.4, 0.5) is 0 Å². The van der Waals surface area contributed by atoms with Gasteiger partial charge >= 0.3 is 0 Å². The van der Waals surface area contributed by atoms with E-state index in [9.17, 15) is 0 Å². The van der Waals surface area contributed by atoms with Crippen LogP contribution in [0.15, 0.2) is 12.1 Å². The molecule has 4 nitrogen and oxygen atoms in total. The number of hydrogen-bond donors (Lipinski definition) is 2. The molecule has 0 saturated heterocycles. The largest absolute Gasteiger partial charge is 0.496 e. The van der Waals surface area contributed by atoms with Crippen LogP contribution in [-0.2, 0) is 0 Å². The summed E-state index contributed by atoms with van der Waals surface area (Å²) in [5.74, 6) is 1.41. The third-order valence-corrected chi connectivity index (χ3v) is 2.50. The number of aryl methyl sites for hydroxylation is 1. The van der Waals surface area contributed by atoms with Gasteiger partial charge < -0.3 is 20.3 Å². The Morgan fingerprint density at radius 2 is 1.75 bits per heavy atom. The van der Waals surface area contributed by atoms with Gasteiger partial charge in [0.05, 0.1) is 19.8 Å². The molecule has 0 bridgehead atoms. The fraction of sp³-hybridized carbons (Fsp3) is 0.500. The lowest BCUT2D eigenvalue weighted by molar-refractivity contribution is 0.273. The first-order valence-corrected chi connectivity index (χ1v) is 5.23. The lowest BCUT2D eigenvalue weighted by atomic mass is 10.0. The quantitative estimate of drug-likeness (QED) is 0.795. The minimum Gasteiger partial charge on any atom is -0.496 e. The Morgan fingerprint density at radius 3 is 2.12 bits per heavy atom. The van der Waals surface area contributed by atoms with Crippen molar-refractivity contribution in [3.63, 3.8) is 0 Å². The Labute approximate surface area is 96.0 Å². The second-order valence-electron chi connectivity index (χ2n) is 3.70. The van der Waals surface area contributed by atoms with Crippen LogP contribution in [-0.4, -0.2) is 25.9 Å². The van der Waals surface area contributed by atoms with Crippen LogP contribution >= 0.6 is 0 Å². The summed E-state index contributed by atoms with van der Waals surface area (Å²) in [6, 6.07) is 3.54. The van der Waals surface area contributed by atoms with Crippen molar-refractivity contribution in [3.8, 4) is 11.5 Å². The molecule has 90 valence electrons. The summed E-state index contributed by atoms with van der Waals surface area (Å²) >= 11 is 0. The third kappa shape index (κ3) is 2.65. The number of rotatable bonds is 5. The van der Waals surface area contributed by atoms with Gasteiger partial charge in [0.15, 0.2) is 0 Å². The van der Waals surface area contributed by atoms with Crippen molar-refractivity contribution in [3.05, 3.63) is 23.3 Å². The maximum Gasteiger partial charge on any atom is 0.127 e. The fourth-order valence-electron chi connectivity index (χ4n) is 1.72. The molecule has 4 heteroatoms. The smallest absolute Gasteiger partial charge is 0.127 e. The molecule has 1 aromatic rings. The molecule has 0 spiro atoms. The minimum absolute atomic E-state index is 0.0430. The second kappa shape index (κ2) is 5.72. The van der Waals surface area contributed by atoms with E-state index in [4.69, 9.17) is 20.3 Å². The maximum atomic E-state index is 8.92. The molecule has 0 fully saturated rings. The summed E-state index contributed by atoms with van der Waals surface area (Å²) in [7, 11) is 3.20. The lowest BCUT2D eigenvalue weighted by Gasteiger charge is -2.19. The molecule has 0 heterocycles. The van der Waals surface area contributed by atoms with Crippen molar-refractivity contribution in [2.24, 2.45) is 5.73 Å². The Balaban J connectivity index is 3.21. The van der Waals surface area contributed by atoms with Crippen molar-refractivity contribution in [2.75, 3.05) is 20.8 Å². The average Bonchev–Trinajstić information content (AvgIpc) is 2.27. The SMILES string of the molecule is COc1cc(C)cc(OC)c1C(N)CCO. The van der Waals surface area contributed by atoms with Crippen LogP contribution in [0.2, 0.25) is 0 Å². The first-order chi connectivity index (χ1) is 7.63. The molecule has 1 rings (SSSR count). The first kappa shape index (κ1) is 12.8. The van der Waals surface area contributed by atoms with E-state index in [1.54, 1.807) is 14.2 Å². The number of methoxy groups -OCH3 is 2. The minimum atomic E-state index is -0.282. The number of nitrogens with two attached hydrogens (primary N) is 1. The van der Waals surface area contributed by atoms with Gasteiger partial charge in [-0.25, -0.2) is 0 Å². The molecule has 3 N–H and O–H groups in total. The van der Waals surface area contributed by atoms with Crippen molar-refractivity contribution in [1.29, 1.82) is 0 Å². The van der Waals surface area contributed by atoms with E-state index in [1.807, 2.05) is 19.1 Å². The maximum absolute atomic E-state index is 8.92. The fourth-order valence-corrected chi connectivity index (χ4v) is 1.72. The van der Waals surface area contributed by atoms with E-state index in [1.165, 1.54) is 0 Å². The van der Waals surface area contributed by atoms with Gasteiger partial charge in [0.25, 0.3) is 0 Å². The van der Waals surface area contributed by atoms with Crippen LogP contribution in [0.1, 0.15) is 23.6 Å². The number of benzene rings is 1. The predicted octanol–water partition coefficient (Wildman–Crippen LogP) is 1.39. The van der Waals surface area contributed by atoms with Gasteiger partial charge in [-0.2, -0.15) is 0 Å². The van der Waals surface area contributed by atoms with Crippen molar-refractivity contribution < 1.29 is 14.6 Å². The van der Waals surface area contributed by atoms with E-state index in [0.717, 1.165) is 11.1 Å². The monoisotopic (exact) mass is 225 g/mol. The molecule has 0 aromatic heterocycles. The van der Waals surface area contributed by atoms with Crippen molar-refractivity contribution in [1.82, 2.24) is 0 Å². The van der Waals surface area contributed by atoms with E-state index in [0.29, 0.717) is 17.9 Å². The molecule has 0 aliphatic rings. The highest BCUT2D eigenvalue weighted by Crippen LogP contribution is 2.35. The van der Waals surface area contributed by atoms with E-state index >= 15 is 0 Å². The van der Waals surface area contributed by atoms with Crippen molar-refractivity contribution >= 4 is 0 Å². The zero-order chi connectivity index (χ0) is 12.1. The highest BCUT2D eigenvalue weighted by atomic mass is 16.5.